The SMILES string of the molecule is COC(=O)Oc1ccc(/C=N\NC(=O)CN(c2cccc(Cl)c2Cl)S(=O)(=O)c2ccccc2)cc1OC. The maximum Gasteiger partial charge on any atom is 0.513 e. The molecule has 3 aromatic carbocycles. The lowest BCUT2D eigenvalue weighted by molar-refractivity contribution is -0.119. The van der Waals surface area contributed by atoms with Crippen LogP contribution >= 0.6 is 23.2 Å². The Kier molecular flexibility index (Phi) is 9.34. The molecule has 0 unspecified atom stereocenters. The summed E-state index contributed by atoms with van der Waals surface area (Å²) in [6.45, 7) is -0.635. The number of sulfonamides is 1. The second kappa shape index (κ2) is 12.4. The summed E-state index contributed by atoms with van der Waals surface area (Å²) in [5, 5.41) is 3.97. The van der Waals surface area contributed by atoms with E-state index in [-0.39, 0.29) is 32.1 Å². The quantitative estimate of drug-likeness (QED) is 0.175. The zero-order chi connectivity index (χ0) is 27.0. The third kappa shape index (κ3) is 6.91. The van der Waals surface area contributed by atoms with Gasteiger partial charge in [-0.15, -0.1) is 0 Å². The summed E-state index contributed by atoms with van der Waals surface area (Å²) in [6, 6.07) is 16.6. The maximum atomic E-state index is 13.4. The van der Waals surface area contributed by atoms with Crippen LogP contribution in [0.5, 0.6) is 11.5 Å². The number of carbonyl (C=O) groups is 2. The van der Waals surface area contributed by atoms with Crippen LogP contribution in [0.2, 0.25) is 10.0 Å². The molecule has 3 aromatic rings. The van der Waals surface area contributed by atoms with Crippen molar-refractivity contribution < 1.29 is 32.2 Å². The minimum Gasteiger partial charge on any atom is -0.493 e. The lowest BCUT2D eigenvalue weighted by Gasteiger charge is -2.24. The Bertz CT molecular complexity index is 1420. The van der Waals surface area contributed by atoms with Crippen LogP contribution < -0.4 is 19.2 Å². The molecule has 0 aliphatic heterocycles. The minimum atomic E-state index is -4.18. The third-order valence-corrected chi connectivity index (χ3v) is 7.35. The van der Waals surface area contributed by atoms with Gasteiger partial charge >= 0.3 is 6.16 Å². The van der Waals surface area contributed by atoms with Crippen molar-refractivity contribution in [1.82, 2.24) is 5.43 Å². The number of halogens is 2. The smallest absolute Gasteiger partial charge is 0.493 e. The molecule has 0 fully saturated rings. The molecule has 0 saturated carbocycles. The van der Waals surface area contributed by atoms with E-state index >= 15 is 0 Å². The summed E-state index contributed by atoms with van der Waals surface area (Å²) in [5.41, 5.74) is 2.80. The zero-order valence-electron chi connectivity index (χ0n) is 19.6. The molecular weight excluding hydrogens is 545 g/mol. The number of carbonyl (C=O) groups excluding carboxylic acids is 2. The fraction of sp³-hybridized carbons (Fsp3) is 0.125. The molecule has 13 heteroatoms. The van der Waals surface area contributed by atoms with Crippen LogP contribution in [0, 0.1) is 0 Å². The molecule has 1 N–H and O–H groups in total. The molecule has 0 spiro atoms. The molecule has 0 heterocycles. The normalized spacial score (nSPS) is 11.1. The van der Waals surface area contributed by atoms with Crippen LogP contribution in [0.15, 0.2) is 76.7 Å². The monoisotopic (exact) mass is 565 g/mol. The second-order valence-corrected chi connectivity index (χ2v) is 9.80. The average Bonchev–Trinajstić information content (AvgIpc) is 2.90. The van der Waals surface area contributed by atoms with Gasteiger partial charge in [0, 0.05) is 0 Å². The van der Waals surface area contributed by atoms with E-state index in [2.05, 4.69) is 15.3 Å². The van der Waals surface area contributed by atoms with E-state index < -0.39 is 28.6 Å². The van der Waals surface area contributed by atoms with Crippen molar-refractivity contribution in [2.75, 3.05) is 25.1 Å². The first kappa shape index (κ1) is 27.8. The molecule has 0 radical (unpaired) electrons. The van der Waals surface area contributed by atoms with E-state index in [0.717, 1.165) is 4.31 Å². The van der Waals surface area contributed by atoms with E-state index in [1.807, 2.05) is 0 Å². The van der Waals surface area contributed by atoms with Gasteiger partial charge in [-0.25, -0.2) is 18.6 Å². The minimum absolute atomic E-state index is 0.0265. The summed E-state index contributed by atoms with van der Waals surface area (Å²) < 4.78 is 42.2. The summed E-state index contributed by atoms with van der Waals surface area (Å²) in [4.78, 5) is 24.0. The Hall–Kier alpha value is -3.80. The van der Waals surface area contributed by atoms with Crippen LogP contribution in [-0.4, -0.2) is 47.5 Å². The van der Waals surface area contributed by atoms with Crippen molar-refractivity contribution in [1.29, 1.82) is 0 Å². The van der Waals surface area contributed by atoms with Crippen molar-refractivity contribution >= 4 is 57.2 Å². The summed E-state index contributed by atoms with van der Waals surface area (Å²) in [5.74, 6) is -0.406. The number of amides is 1. The average molecular weight is 566 g/mol. The zero-order valence-corrected chi connectivity index (χ0v) is 21.9. The Morgan fingerprint density at radius 2 is 1.73 bits per heavy atom. The molecule has 0 aromatic heterocycles. The van der Waals surface area contributed by atoms with Crippen molar-refractivity contribution in [3.05, 3.63) is 82.3 Å². The molecule has 37 heavy (non-hydrogen) atoms. The fourth-order valence-electron chi connectivity index (χ4n) is 3.03. The lowest BCUT2D eigenvalue weighted by Crippen LogP contribution is -2.39. The number of nitrogens with one attached hydrogen (secondary N) is 1. The number of hydrazone groups is 1. The van der Waals surface area contributed by atoms with Gasteiger partial charge in [-0.1, -0.05) is 47.5 Å². The van der Waals surface area contributed by atoms with Crippen molar-refractivity contribution in [2.24, 2.45) is 5.10 Å². The number of anilines is 1. The number of hydrogen-bond donors (Lipinski definition) is 1. The van der Waals surface area contributed by atoms with Crippen LogP contribution in [0.4, 0.5) is 10.5 Å². The highest BCUT2D eigenvalue weighted by atomic mass is 35.5. The number of methoxy groups -OCH3 is 2. The topological polar surface area (TPSA) is 124 Å². The number of hydrogen-bond acceptors (Lipinski definition) is 8. The molecule has 1 amide bonds. The van der Waals surface area contributed by atoms with E-state index in [0.29, 0.717) is 5.56 Å². The van der Waals surface area contributed by atoms with Gasteiger partial charge in [0.1, 0.15) is 6.54 Å². The van der Waals surface area contributed by atoms with Crippen LogP contribution in [0.25, 0.3) is 0 Å². The first-order valence-corrected chi connectivity index (χ1v) is 12.6. The fourth-order valence-corrected chi connectivity index (χ4v) is 4.93. The molecule has 3 rings (SSSR count). The first-order chi connectivity index (χ1) is 17.7. The summed E-state index contributed by atoms with van der Waals surface area (Å²) in [7, 11) is -1.63. The van der Waals surface area contributed by atoms with Gasteiger partial charge < -0.3 is 14.2 Å². The maximum absolute atomic E-state index is 13.4. The molecule has 0 atom stereocenters. The highest BCUT2D eigenvalue weighted by Crippen LogP contribution is 2.35. The Morgan fingerprint density at radius 1 is 1.00 bits per heavy atom. The van der Waals surface area contributed by atoms with E-state index in [9.17, 15) is 18.0 Å². The molecule has 10 nitrogen and oxygen atoms in total. The van der Waals surface area contributed by atoms with E-state index in [1.54, 1.807) is 24.3 Å². The van der Waals surface area contributed by atoms with Crippen LogP contribution in [0.3, 0.4) is 0 Å². The molecule has 194 valence electrons. The van der Waals surface area contributed by atoms with Gasteiger partial charge in [0.25, 0.3) is 15.9 Å². The Labute approximate surface area is 223 Å². The van der Waals surface area contributed by atoms with Gasteiger partial charge in [-0.3, -0.25) is 9.10 Å². The van der Waals surface area contributed by atoms with Crippen molar-refractivity contribution in [3.8, 4) is 11.5 Å². The van der Waals surface area contributed by atoms with E-state index in [1.165, 1.54) is 62.9 Å². The third-order valence-electron chi connectivity index (χ3n) is 4.77. The molecule has 0 aliphatic rings. The summed E-state index contributed by atoms with van der Waals surface area (Å²) >= 11 is 12.4. The lowest BCUT2D eigenvalue weighted by atomic mass is 10.2. The molecule has 0 saturated heterocycles. The van der Waals surface area contributed by atoms with Crippen molar-refractivity contribution in [2.45, 2.75) is 4.90 Å². The van der Waals surface area contributed by atoms with Gasteiger partial charge in [0.15, 0.2) is 11.5 Å². The molecular formula is C24H21Cl2N3O7S. The Balaban J connectivity index is 1.81. The van der Waals surface area contributed by atoms with Crippen molar-refractivity contribution in [3.63, 3.8) is 0 Å². The highest BCUT2D eigenvalue weighted by Gasteiger charge is 2.29. The molecule has 0 aliphatic carbocycles. The van der Waals surface area contributed by atoms with Gasteiger partial charge in [0.05, 0.1) is 41.1 Å². The largest absolute Gasteiger partial charge is 0.513 e. The predicted molar refractivity (Wildman–Crippen MR) is 139 cm³/mol. The van der Waals surface area contributed by atoms with Crippen LogP contribution in [-0.2, 0) is 19.6 Å². The number of ether oxygens (including phenoxy) is 3. The molecule has 0 bridgehead atoms. The number of benzene rings is 3. The first-order valence-electron chi connectivity index (χ1n) is 10.4. The second-order valence-electron chi connectivity index (χ2n) is 7.16. The number of rotatable bonds is 9. The van der Waals surface area contributed by atoms with Gasteiger partial charge in [-0.2, -0.15) is 5.10 Å². The Morgan fingerprint density at radius 3 is 2.41 bits per heavy atom. The highest BCUT2D eigenvalue weighted by molar-refractivity contribution is 7.92. The standard InChI is InChI=1S/C24H21Cl2N3O7S/c1-34-21-13-16(11-12-20(21)36-24(31)35-2)14-27-28-22(30)15-29(19-10-6-9-18(25)23(19)26)37(32,33)17-7-4-3-5-8-17/h3-14H,15H2,1-2H3,(H,28,30)/b27-14-. The summed E-state index contributed by atoms with van der Waals surface area (Å²) in [6.07, 6.45) is 0.381. The van der Waals surface area contributed by atoms with Gasteiger partial charge in [0.2, 0.25) is 0 Å². The predicted octanol–water partition coefficient (Wildman–Crippen LogP) is 4.49. The van der Waals surface area contributed by atoms with E-state index in [4.69, 9.17) is 32.7 Å². The van der Waals surface area contributed by atoms with Gasteiger partial charge in [-0.05, 0) is 48.0 Å². The van der Waals surface area contributed by atoms with Crippen LogP contribution in [0.1, 0.15) is 5.56 Å². The number of nitrogens with zero attached hydrogens (tertiary/aromatic N) is 2.